The summed E-state index contributed by atoms with van der Waals surface area (Å²) in [6, 6.07) is 2.52. The Balaban J connectivity index is 2.12. The van der Waals surface area contributed by atoms with Crippen LogP contribution in [0, 0.1) is 0 Å². The van der Waals surface area contributed by atoms with Gasteiger partial charge in [0.05, 0.1) is 24.2 Å². The molecule has 1 saturated heterocycles. The van der Waals surface area contributed by atoms with Crippen molar-refractivity contribution in [3.8, 4) is 0 Å². The first-order chi connectivity index (χ1) is 11.6. The van der Waals surface area contributed by atoms with Gasteiger partial charge in [-0.05, 0) is 12.8 Å². The molecule has 1 N–H and O–H groups in total. The van der Waals surface area contributed by atoms with Gasteiger partial charge in [0.25, 0.3) is 5.56 Å². The van der Waals surface area contributed by atoms with E-state index in [-0.39, 0.29) is 5.56 Å². The molecule has 3 rings (SSSR count). The van der Waals surface area contributed by atoms with Gasteiger partial charge in [-0.15, -0.1) is 0 Å². The second-order valence-corrected chi connectivity index (χ2v) is 6.45. The fraction of sp³-hybridized carbons (Fsp3) is 0.647. The lowest BCUT2D eigenvalue weighted by Crippen LogP contribution is -2.56. The van der Waals surface area contributed by atoms with Crippen molar-refractivity contribution in [2.24, 2.45) is 7.05 Å². The monoisotopic (exact) mass is 333 g/mol. The highest BCUT2D eigenvalue weighted by Crippen LogP contribution is 2.25. The summed E-state index contributed by atoms with van der Waals surface area (Å²) in [5.41, 5.74) is 2.54. The van der Waals surface area contributed by atoms with Gasteiger partial charge < -0.3 is 15.0 Å². The molecule has 0 bridgehead atoms. The highest BCUT2D eigenvalue weighted by atomic mass is 16.5. The van der Waals surface area contributed by atoms with Crippen LogP contribution in [0.1, 0.15) is 32.4 Å². The van der Waals surface area contributed by atoms with E-state index < -0.39 is 0 Å². The summed E-state index contributed by atoms with van der Waals surface area (Å²) in [4.78, 5) is 19.5. The number of ether oxygens (including phenoxy) is 1. The van der Waals surface area contributed by atoms with Crippen LogP contribution in [0.2, 0.25) is 0 Å². The predicted octanol–water partition coefficient (Wildman–Crippen LogP) is 1.15. The molecule has 2 atom stereocenters. The molecule has 0 amide bonds. The number of nitrogens with zero attached hydrogens (tertiary/aromatic N) is 4. The normalized spacial score (nSPS) is 21.6. The molecule has 0 radical (unpaired) electrons. The Bertz CT molecular complexity index is 766. The number of methoxy groups -OCH3 is 1. The average Bonchev–Trinajstić information content (AvgIpc) is 3.02. The summed E-state index contributed by atoms with van der Waals surface area (Å²) >= 11 is 0. The van der Waals surface area contributed by atoms with Crippen molar-refractivity contribution in [3.05, 3.63) is 28.3 Å². The minimum absolute atomic E-state index is 0.0275. The molecular weight excluding hydrogens is 306 g/mol. The standard InChI is InChI=1S/C17H27N5O2/c1-5-12-9-21(14(6-2)8-18-12)15-7-16(23)20(3)22-10-13(11-24-4)19-17(15)22/h7,10,12,14,18H,5-6,8-9,11H2,1-4H3/t12-,14+/m1/s1. The summed E-state index contributed by atoms with van der Waals surface area (Å²) < 4.78 is 8.63. The zero-order chi connectivity index (χ0) is 17.3. The second-order valence-electron chi connectivity index (χ2n) is 6.45. The second kappa shape index (κ2) is 6.94. The van der Waals surface area contributed by atoms with Crippen LogP contribution < -0.4 is 15.8 Å². The van der Waals surface area contributed by atoms with Crippen molar-refractivity contribution in [2.45, 2.75) is 45.4 Å². The molecule has 0 aromatic carbocycles. The number of aromatic nitrogens is 3. The SMILES string of the molecule is CC[C@@H]1CN(c2cc(=O)n(C)n3cc(COC)nc23)[C@@H](CC)CN1. The molecule has 24 heavy (non-hydrogen) atoms. The predicted molar refractivity (Wildman–Crippen MR) is 94.7 cm³/mol. The van der Waals surface area contributed by atoms with E-state index in [1.54, 1.807) is 24.9 Å². The summed E-state index contributed by atoms with van der Waals surface area (Å²) in [5, 5.41) is 3.60. The highest BCUT2D eigenvalue weighted by molar-refractivity contribution is 5.69. The molecule has 0 unspecified atom stereocenters. The quantitative estimate of drug-likeness (QED) is 0.889. The zero-order valence-electron chi connectivity index (χ0n) is 15.0. The third-order valence-corrected chi connectivity index (χ3v) is 4.93. The van der Waals surface area contributed by atoms with Gasteiger partial charge in [-0.2, -0.15) is 0 Å². The van der Waals surface area contributed by atoms with E-state index in [1.807, 2.05) is 10.7 Å². The number of anilines is 1. The van der Waals surface area contributed by atoms with Crippen LogP contribution in [0.5, 0.6) is 0 Å². The minimum atomic E-state index is -0.0275. The van der Waals surface area contributed by atoms with Crippen LogP contribution in [0.25, 0.3) is 5.65 Å². The van der Waals surface area contributed by atoms with E-state index in [2.05, 4.69) is 24.1 Å². The fourth-order valence-electron chi connectivity index (χ4n) is 3.43. The number of piperazine rings is 1. The van der Waals surface area contributed by atoms with Crippen LogP contribution in [0.4, 0.5) is 5.69 Å². The lowest BCUT2D eigenvalue weighted by Gasteiger charge is -2.41. The number of fused-ring (bicyclic) bond motifs is 1. The van der Waals surface area contributed by atoms with Crippen LogP contribution in [-0.4, -0.2) is 46.5 Å². The van der Waals surface area contributed by atoms with E-state index in [4.69, 9.17) is 9.72 Å². The topological polar surface area (TPSA) is 63.8 Å². The highest BCUT2D eigenvalue weighted by Gasteiger charge is 2.28. The number of nitrogens with one attached hydrogen (secondary N) is 1. The van der Waals surface area contributed by atoms with Gasteiger partial charge in [-0.25, -0.2) is 14.2 Å². The van der Waals surface area contributed by atoms with Crippen molar-refractivity contribution < 1.29 is 4.74 Å². The Morgan fingerprint density at radius 2 is 2.17 bits per heavy atom. The van der Waals surface area contributed by atoms with Crippen LogP contribution in [0.3, 0.4) is 0 Å². The Morgan fingerprint density at radius 3 is 2.83 bits per heavy atom. The zero-order valence-corrected chi connectivity index (χ0v) is 15.0. The largest absolute Gasteiger partial charge is 0.378 e. The summed E-state index contributed by atoms with van der Waals surface area (Å²) in [7, 11) is 3.42. The van der Waals surface area contributed by atoms with Crippen LogP contribution >= 0.6 is 0 Å². The summed E-state index contributed by atoms with van der Waals surface area (Å²) in [5.74, 6) is 0. The molecule has 2 aromatic rings. The van der Waals surface area contributed by atoms with Crippen molar-refractivity contribution in [3.63, 3.8) is 0 Å². The van der Waals surface area contributed by atoms with Gasteiger partial charge in [0, 0.05) is 45.4 Å². The van der Waals surface area contributed by atoms with E-state index in [9.17, 15) is 4.79 Å². The maximum Gasteiger partial charge on any atom is 0.267 e. The smallest absolute Gasteiger partial charge is 0.267 e. The molecule has 132 valence electrons. The molecule has 1 aliphatic rings. The van der Waals surface area contributed by atoms with Gasteiger partial charge >= 0.3 is 0 Å². The molecule has 1 fully saturated rings. The maximum absolute atomic E-state index is 12.5. The van der Waals surface area contributed by atoms with Gasteiger partial charge in [0.15, 0.2) is 5.65 Å². The van der Waals surface area contributed by atoms with Crippen molar-refractivity contribution in [1.82, 2.24) is 19.5 Å². The molecular formula is C17H27N5O2. The minimum Gasteiger partial charge on any atom is -0.378 e. The molecule has 1 aliphatic heterocycles. The van der Waals surface area contributed by atoms with E-state index in [0.29, 0.717) is 18.7 Å². The summed E-state index contributed by atoms with van der Waals surface area (Å²) in [6.45, 7) is 6.64. The first-order valence-corrected chi connectivity index (χ1v) is 8.66. The number of hydrogen-bond acceptors (Lipinski definition) is 5. The van der Waals surface area contributed by atoms with Gasteiger partial charge in [-0.1, -0.05) is 13.8 Å². The maximum atomic E-state index is 12.5. The fourth-order valence-corrected chi connectivity index (χ4v) is 3.43. The Morgan fingerprint density at radius 1 is 1.38 bits per heavy atom. The van der Waals surface area contributed by atoms with E-state index in [0.717, 1.165) is 43.0 Å². The Labute approximate surface area is 142 Å². The third kappa shape index (κ3) is 2.93. The van der Waals surface area contributed by atoms with Gasteiger partial charge in [-0.3, -0.25) is 4.79 Å². The van der Waals surface area contributed by atoms with Crippen molar-refractivity contribution in [2.75, 3.05) is 25.1 Å². The van der Waals surface area contributed by atoms with Gasteiger partial charge in [0.1, 0.15) is 0 Å². The Hall–Kier alpha value is -1.86. The molecule has 7 nitrogen and oxygen atoms in total. The molecule has 0 spiro atoms. The lowest BCUT2D eigenvalue weighted by molar-refractivity contribution is 0.182. The van der Waals surface area contributed by atoms with E-state index >= 15 is 0 Å². The first-order valence-electron chi connectivity index (χ1n) is 8.66. The van der Waals surface area contributed by atoms with Crippen LogP contribution in [-0.2, 0) is 18.4 Å². The number of hydrogen-bond donors (Lipinski definition) is 1. The third-order valence-electron chi connectivity index (χ3n) is 4.93. The van der Waals surface area contributed by atoms with Crippen molar-refractivity contribution in [1.29, 1.82) is 0 Å². The number of rotatable bonds is 5. The summed E-state index contributed by atoms with van der Waals surface area (Å²) in [6.07, 6.45) is 3.97. The number of aryl methyl sites for hydroxylation is 1. The molecule has 3 heterocycles. The molecule has 2 aromatic heterocycles. The number of imidazole rings is 1. The van der Waals surface area contributed by atoms with Crippen LogP contribution in [0.15, 0.2) is 17.1 Å². The van der Waals surface area contributed by atoms with Crippen molar-refractivity contribution >= 4 is 11.3 Å². The lowest BCUT2D eigenvalue weighted by atomic mass is 10.0. The van der Waals surface area contributed by atoms with Gasteiger partial charge in [0.2, 0.25) is 0 Å². The molecule has 0 aliphatic carbocycles. The van der Waals surface area contributed by atoms with E-state index in [1.165, 1.54) is 0 Å². The Kier molecular flexibility index (Phi) is 4.91. The molecule has 0 saturated carbocycles. The first kappa shape index (κ1) is 17.0. The molecule has 7 heteroatoms. The average molecular weight is 333 g/mol.